The predicted molar refractivity (Wildman–Crippen MR) is 72.0 cm³/mol. The fraction of sp³-hybridized carbons (Fsp3) is 0.571. The van der Waals surface area contributed by atoms with Crippen LogP contribution in [0.15, 0.2) is 18.2 Å². The second-order valence-electron chi connectivity index (χ2n) is 4.68. The molecule has 1 fully saturated rings. The lowest BCUT2D eigenvalue weighted by molar-refractivity contribution is 0.207. The fourth-order valence-corrected chi connectivity index (χ4v) is 2.53. The second-order valence-corrected chi connectivity index (χ2v) is 4.68. The van der Waals surface area contributed by atoms with Gasteiger partial charge in [-0.3, -0.25) is 4.90 Å². The Morgan fingerprint density at radius 1 is 1.50 bits per heavy atom. The number of para-hydroxylation sites is 1. The highest BCUT2D eigenvalue weighted by molar-refractivity contribution is 5.45. The molecule has 1 aromatic rings. The molecule has 1 aromatic carbocycles. The molecular formula is C14H22N2O2. The van der Waals surface area contributed by atoms with Crippen molar-refractivity contribution >= 4 is 0 Å². The quantitative estimate of drug-likeness (QED) is 0.833. The van der Waals surface area contributed by atoms with Crippen molar-refractivity contribution in [3.63, 3.8) is 0 Å². The Morgan fingerprint density at radius 2 is 2.33 bits per heavy atom. The number of rotatable bonds is 5. The molecule has 2 rings (SSSR count). The van der Waals surface area contributed by atoms with Crippen LogP contribution in [-0.2, 0) is 6.54 Å². The SMILES string of the molecule is CCN(Cc1cccc(OC)c1O)C1CCNC1. The van der Waals surface area contributed by atoms with Crippen LogP contribution in [-0.4, -0.2) is 42.8 Å². The first kappa shape index (κ1) is 13.2. The molecule has 1 aliphatic heterocycles. The van der Waals surface area contributed by atoms with Gasteiger partial charge in [0, 0.05) is 24.7 Å². The Hall–Kier alpha value is -1.26. The van der Waals surface area contributed by atoms with Crippen LogP contribution in [0, 0.1) is 0 Å². The molecule has 4 heteroatoms. The van der Waals surface area contributed by atoms with E-state index in [9.17, 15) is 5.11 Å². The van der Waals surface area contributed by atoms with Crippen molar-refractivity contribution in [1.82, 2.24) is 10.2 Å². The average Bonchev–Trinajstić information content (AvgIpc) is 2.91. The molecule has 100 valence electrons. The maximum atomic E-state index is 10.1. The number of ether oxygens (including phenoxy) is 1. The zero-order valence-corrected chi connectivity index (χ0v) is 11.1. The van der Waals surface area contributed by atoms with Crippen LogP contribution < -0.4 is 10.1 Å². The number of phenolic OH excluding ortho intramolecular Hbond substituents is 1. The zero-order valence-electron chi connectivity index (χ0n) is 11.1. The van der Waals surface area contributed by atoms with E-state index in [0.717, 1.165) is 31.7 Å². The average molecular weight is 250 g/mol. The third kappa shape index (κ3) is 2.76. The molecule has 18 heavy (non-hydrogen) atoms. The molecule has 1 unspecified atom stereocenters. The number of hydrogen-bond acceptors (Lipinski definition) is 4. The maximum absolute atomic E-state index is 10.1. The number of aromatic hydroxyl groups is 1. The van der Waals surface area contributed by atoms with Gasteiger partial charge in [0.1, 0.15) is 0 Å². The third-order valence-corrected chi connectivity index (χ3v) is 3.63. The van der Waals surface area contributed by atoms with Crippen LogP contribution in [0.3, 0.4) is 0 Å². The summed E-state index contributed by atoms with van der Waals surface area (Å²) in [6, 6.07) is 6.24. The lowest BCUT2D eigenvalue weighted by Gasteiger charge is -2.27. The first-order valence-corrected chi connectivity index (χ1v) is 6.55. The number of nitrogens with one attached hydrogen (secondary N) is 1. The van der Waals surface area contributed by atoms with Gasteiger partial charge in [-0.15, -0.1) is 0 Å². The van der Waals surface area contributed by atoms with E-state index in [-0.39, 0.29) is 5.75 Å². The molecule has 0 saturated carbocycles. The number of phenols is 1. The van der Waals surface area contributed by atoms with E-state index in [1.165, 1.54) is 6.42 Å². The van der Waals surface area contributed by atoms with Gasteiger partial charge < -0.3 is 15.2 Å². The van der Waals surface area contributed by atoms with Crippen molar-refractivity contribution < 1.29 is 9.84 Å². The van der Waals surface area contributed by atoms with Crippen LogP contribution in [0.2, 0.25) is 0 Å². The van der Waals surface area contributed by atoms with Crippen molar-refractivity contribution in [2.75, 3.05) is 26.7 Å². The van der Waals surface area contributed by atoms with Gasteiger partial charge >= 0.3 is 0 Å². The summed E-state index contributed by atoms with van der Waals surface area (Å²) in [6.45, 7) is 6.05. The van der Waals surface area contributed by atoms with Gasteiger partial charge in [0.2, 0.25) is 0 Å². The second kappa shape index (κ2) is 6.07. The highest BCUT2D eigenvalue weighted by atomic mass is 16.5. The van der Waals surface area contributed by atoms with Crippen molar-refractivity contribution in [3.05, 3.63) is 23.8 Å². The lowest BCUT2D eigenvalue weighted by atomic mass is 10.1. The van der Waals surface area contributed by atoms with E-state index in [1.54, 1.807) is 13.2 Å². The van der Waals surface area contributed by atoms with Crippen LogP contribution >= 0.6 is 0 Å². The Labute approximate surface area is 109 Å². The molecule has 0 spiro atoms. The summed E-state index contributed by atoms with van der Waals surface area (Å²) in [5.74, 6) is 0.817. The monoisotopic (exact) mass is 250 g/mol. The molecule has 1 saturated heterocycles. The highest BCUT2D eigenvalue weighted by Crippen LogP contribution is 2.30. The topological polar surface area (TPSA) is 44.7 Å². The molecule has 1 heterocycles. The summed E-state index contributed by atoms with van der Waals surface area (Å²) >= 11 is 0. The van der Waals surface area contributed by atoms with Crippen LogP contribution in [0.1, 0.15) is 18.9 Å². The number of likely N-dealkylation sites (N-methyl/N-ethyl adjacent to an activating group) is 1. The largest absolute Gasteiger partial charge is 0.504 e. The van der Waals surface area contributed by atoms with Gasteiger partial charge in [0.15, 0.2) is 11.5 Å². The van der Waals surface area contributed by atoms with Gasteiger partial charge in [-0.2, -0.15) is 0 Å². The van der Waals surface area contributed by atoms with E-state index < -0.39 is 0 Å². The fourth-order valence-electron chi connectivity index (χ4n) is 2.53. The van der Waals surface area contributed by atoms with Gasteiger partial charge in [-0.1, -0.05) is 19.1 Å². The van der Waals surface area contributed by atoms with Gasteiger partial charge in [0.05, 0.1) is 7.11 Å². The smallest absolute Gasteiger partial charge is 0.162 e. The van der Waals surface area contributed by atoms with E-state index in [0.29, 0.717) is 11.8 Å². The summed E-state index contributed by atoms with van der Waals surface area (Å²) in [6.07, 6.45) is 1.18. The summed E-state index contributed by atoms with van der Waals surface area (Å²) in [5, 5.41) is 13.5. The summed E-state index contributed by atoms with van der Waals surface area (Å²) < 4.78 is 5.15. The zero-order chi connectivity index (χ0) is 13.0. The third-order valence-electron chi connectivity index (χ3n) is 3.63. The molecule has 1 atom stereocenters. The molecule has 2 N–H and O–H groups in total. The first-order valence-electron chi connectivity index (χ1n) is 6.55. The molecular weight excluding hydrogens is 228 g/mol. The molecule has 0 radical (unpaired) electrons. The van der Waals surface area contributed by atoms with Crippen LogP contribution in [0.25, 0.3) is 0 Å². The summed E-state index contributed by atoms with van der Waals surface area (Å²) in [4.78, 5) is 2.40. The molecule has 1 aliphatic rings. The standard InChI is InChI=1S/C14H22N2O2/c1-3-16(12-7-8-15-9-12)10-11-5-4-6-13(18-2)14(11)17/h4-6,12,15,17H,3,7-10H2,1-2H3. The summed E-state index contributed by atoms with van der Waals surface area (Å²) in [7, 11) is 1.58. The number of hydrogen-bond donors (Lipinski definition) is 2. The molecule has 4 nitrogen and oxygen atoms in total. The lowest BCUT2D eigenvalue weighted by Crippen LogP contribution is -2.36. The maximum Gasteiger partial charge on any atom is 0.162 e. The molecule has 0 aromatic heterocycles. The Morgan fingerprint density at radius 3 is 2.94 bits per heavy atom. The van der Waals surface area contributed by atoms with Crippen molar-refractivity contribution in [3.8, 4) is 11.5 Å². The minimum Gasteiger partial charge on any atom is -0.504 e. The van der Waals surface area contributed by atoms with E-state index in [2.05, 4.69) is 17.1 Å². The molecule has 0 aliphatic carbocycles. The van der Waals surface area contributed by atoms with E-state index in [1.807, 2.05) is 12.1 Å². The van der Waals surface area contributed by atoms with Crippen molar-refractivity contribution in [2.24, 2.45) is 0 Å². The number of benzene rings is 1. The first-order chi connectivity index (χ1) is 8.76. The van der Waals surface area contributed by atoms with Gasteiger partial charge in [-0.05, 0) is 25.6 Å². The minimum absolute atomic E-state index is 0.268. The van der Waals surface area contributed by atoms with Crippen molar-refractivity contribution in [2.45, 2.75) is 25.9 Å². The minimum atomic E-state index is 0.268. The van der Waals surface area contributed by atoms with Crippen LogP contribution in [0.4, 0.5) is 0 Å². The van der Waals surface area contributed by atoms with E-state index in [4.69, 9.17) is 4.74 Å². The molecule has 0 bridgehead atoms. The molecule has 0 amide bonds. The predicted octanol–water partition coefficient (Wildman–Crippen LogP) is 1.58. The Balaban J connectivity index is 2.11. The highest BCUT2D eigenvalue weighted by Gasteiger charge is 2.22. The number of methoxy groups -OCH3 is 1. The van der Waals surface area contributed by atoms with Gasteiger partial charge in [-0.25, -0.2) is 0 Å². The summed E-state index contributed by atoms with van der Waals surface area (Å²) in [5.41, 5.74) is 0.933. The Bertz CT molecular complexity index is 389. The normalized spacial score (nSPS) is 19.4. The van der Waals surface area contributed by atoms with Gasteiger partial charge in [0.25, 0.3) is 0 Å². The van der Waals surface area contributed by atoms with Crippen LogP contribution in [0.5, 0.6) is 11.5 Å². The van der Waals surface area contributed by atoms with E-state index >= 15 is 0 Å². The number of nitrogens with zero attached hydrogens (tertiary/aromatic N) is 1. The van der Waals surface area contributed by atoms with Crippen molar-refractivity contribution in [1.29, 1.82) is 0 Å². The Kier molecular flexibility index (Phi) is 4.44.